The van der Waals surface area contributed by atoms with Crippen molar-refractivity contribution in [3.8, 4) is 0 Å². The molecule has 2 aromatic heterocycles. The summed E-state index contributed by atoms with van der Waals surface area (Å²) < 4.78 is 0.369. The van der Waals surface area contributed by atoms with Crippen LogP contribution in [-0.2, 0) is 0 Å². The van der Waals surface area contributed by atoms with E-state index >= 15 is 0 Å². The number of hydrogen-bond donors (Lipinski definition) is 0. The summed E-state index contributed by atoms with van der Waals surface area (Å²) >= 11 is 3.09. The summed E-state index contributed by atoms with van der Waals surface area (Å²) in [7, 11) is 0. The summed E-state index contributed by atoms with van der Waals surface area (Å²) in [5.74, 6) is 0. The highest BCUT2D eigenvalue weighted by molar-refractivity contribution is 9.10. The summed E-state index contributed by atoms with van der Waals surface area (Å²) in [6.07, 6.45) is 1.64. The molecule has 2 aromatic rings. The first-order valence-corrected chi connectivity index (χ1v) is 4.35. The molecule has 2 rings (SSSR count). The molecule has 0 N–H and O–H groups in total. The largest absolute Gasteiger partial charge is 0.302 e. The van der Waals surface area contributed by atoms with Gasteiger partial charge in [-0.05, 0) is 34.1 Å². The number of pyridine rings is 1. The van der Waals surface area contributed by atoms with Crippen LogP contribution in [0.1, 0.15) is 0 Å². The lowest BCUT2D eigenvalue weighted by molar-refractivity contribution is 1.04. The molecule has 0 unspecified atom stereocenters. The molecular weight excluding hydrogens is 234 g/mol. The molecule has 0 amide bonds. The van der Waals surface area contributed by atoms with Crippen LogP contribution in [0.4, 0.5) is 0 Å². The van der Waals surface area contributed by atoms with E-state index in [1.165, 1.54) is 0 Å². The van der Waals surface area contributed by atoms with E-state index in [4.69, 9.17) is 0 Å². The molecule has 0 saturated carbocycles. The Morgan fingerprint density at radius 1 is 1.23 bits per heavy atom. The molecule has 0 aromatic carbocycles. The van der Waals surface area contributed by atoms with Crippen LogP contribution >= 0.6 is 15.9 Å². The van der Waals surface area contributed by atoms with E-state index in [2.05, 4.69) is 31.1 Å². The molecule has 64 valence electrons. The molecule has 0 radical (unpaired) electrons. The number of rotatable bonds is 0. The summed E-state index contributed by atoms with van der Waals surface area (Å²) in [4.78, 5) is 15.1. The van der Waals surface area contributed by atoms with Crippen LogP contribution in [0.3, 0.4) is 0 Å². The molecule has 0 bridgehead atoms. The van der Waals surface area contributed by atoms with E-state index in [1.807, 2.05) is 0 Å². The van der Waals surface area contributed by atoms with Crippen molar-refractivity contribution in [3.63, 3.8) is 0 Å². The summed E-state index contributed by atoms with van der Waals surface area (Å²) in [6.45, 7) is 0. The maximum atomic E-state index is 11.1. The zero-order chi connectivity index (χ0) is 9.26. The third-order valence-corrected chi connectivity index (χ3v) is 2.10. The minimum Gasteiger partial charge on any atom is -0.264 e. The second kappa shape index (κ2) is 3.18. The van der Waals surface area contributed by atoms with Gasteiger partial charge in [0.1, 0.15) is 5.52 Å². The second-order valence-corrected chi connectivity index (χ2v) is 3.26. The van der Waals surface area contributed by atoms with Gasteiger partial charge in [0.2, 0.25) is 0 Å². The fourth-order valence-corrected chi connectivity index (χ4v) is 1.23. The van der Waals surface area contributed by atoms with Gasteiger partial charge >= 0.3 is 5.56 Å². The lowest BCUT2D eigenvalue weighted by Crippen LogP contribution is -2.02. The minimum atomic E-state index is -0.391. The third-order valence-electron chi connectivity index (χ3n) is 1.53. The Kier molecular flexibility index (Phi) is 2.02. The third kappa shape index (κ3) is 1.55. The maximum Gasteiger partial charge on any atom is 0.302 e. The summed E-state index contributed by atoms with van der Waals surface area (Å²) in [5, 5.41) is 7.23. The zero-order valence-electron chi connectivity index (χ0n) is 6.44. The SMILES string of the molecule is O=c1nnc2cccnc2cc1Br. The van der Waals surface area contributed by atoms with Crippen LogP contribution < -0.4 is 5.56 Å². The predicted octanol–water partition coefficient (Wildman–Crippen LogP) is 1.15. The normalized spacial score (nSPS) is 10.2. The average Bonchev–Trinajstić information content (AvgIpc) is 2.28. The average molecular weight is 238 g/mol. The van der Waals surface area contributed by atoms with Crippen molar-refractivity contribution >= 4 is 27.0 Å². The van der Waals surface area contributed by atoms with Gasteiger partial charge in [0.25, 0.3) is 0 Å². The van der Waals surface area contributed by atoms with Crippen molar-refractivity contribution in [2.45, 2.75) is 0 Å². The number of halogens is 1. The molecule has 0 aliphatic rings. The molecule has 0 saturated heterocycles. The van der Waals surface area contributed by atoms with E-state index in [0.29, 0.717) is 15.5 Å². The van der Waals surface area contributed by atoms with Crippen LogP contribution in [-0.4, -0.2) is 15.2 Å². The van der Waals surface area contributed by atoms with Gasteiger partial charge in [-0.15, -0.1) is 10.2 Å². The summed E-state index contributed by atoms with van der Waals surface area (Å²) in [5.41, 5.74) is 0.854. The standard InChI is InChI=1S/C8H4BrN3O/c9-5-4-7-6(2-1-3-10-7)11-12-8(5)13/h1-4H. The number of hydrogen-bond acceptors (Lipinski definition) is 4. The van der Waals surface area contributed by atoms with E-state index in [9.17, 15) is 4.79 Å². The van der Waals surface area contributed by atoms with Crippen molar-refractivity contribution in [1.82, 2.24) is 15.2 Å². The topological polar surface area (TPSA) is 55.7 Å². The Hall–Kier alpha value is -1.36. The molecule has 4 nitrogen and oxygen atoms in total. The molecule has 0 atom stereocenters. The van der Waals surface area contributed by atoms with Crippen molar-refractivity contribution in [1.29, 1.82) is 0 Å². The number of aromatic nitrogens is 3. The van der Waals surface area contributed by atoms with Crippen LogP contribution in [0, 0.1) is 0 Å². The van der Waals surface area contributed by atoms with Gasteiger partial charge in [-0.25, -0.2) is 0 Å². The first kappa shape index (κ1) is 8.25. The van der Waals surface area contributed by atoms with Gasteiger partial charge in [0.15, 0.2) is 0 Å². The molecule has 2 heterocycles. The monoisotopic (exact) mass is 237 g/mol. The first-order chi connectivity index (χ1) is 6.27. The Labute approximate surface area is 81.8 Å². The zero-order valence-corrected chi connectivity index (χ0v) is 8.02. The first-order valence-electron chi connectivity index (χ1n) is 3.55. The Morgan fingerprint density at radius 2 is 2.08 bits per heavy atom. The molecule has 13 heavy (non-hydrogen) atoms. The van der Waals surface area contributed by atoms with Gasteiger partial charge < -0.3 is 0 Å². The molecule has 0 spiro atoms. The van der Waals surface area contributed by atoms with Crippen molar-refractivity contribution in [3.05, 3.63) is 39.2 Å². The van der Waals surface area contributed by atoms with Gasteiger partial charge in [-0.2, -0.15) is 0 Å². The number of fused-ring (bicyclic) bond motifs is 1. The van der Waals surface area contributed by atoms with Gasteiger partial charge in [0.05, 0.1) is 9.99 Å². The smallest absolute Gasteiger partial charge is 0.264 e. The highest BCUT2D eigenvalue weighted by Gasteiger charge is 1.97. The van der Waals surface area contributed by atoms with Gasteiger partial charge in [-0.1, -0.05) is 0 Å². The van der Waals surface area contributed by atoms with E-state index in [0.717, 1.165) is 0 Å². The van der Waals surface area contributed by atoms with Crippen LogP contribution in [0.2, 0.25) is 0 Å². The maximum absolute atomic E-state index is 11.1. The summed E-state index contributed by atoms with van der Waals surface area (Å²) in [6, 6.07) is 5.11. The Balaban J connectivity index is 2.97. The molecule has 0 aliphatic heterocycles. The second-order valence-electron chi connectivity index (χ2n) is 2.41. The highest BCUT2D eigenvalue weighted by atomic mass is 79.9. The lowest BCUT2D eigenvalue weighted by atomic mass is 10.3. The molecular formula is C8H4BrN3O. The van der Waals surface area contributed by atoms with E-state index in [1.54, 1.807) is 24.4 Å². The van der Waals surface area contributed by atoms with Crippen LogP contribution in [0.25, 0.3) is 11.0 Å². The molecule has 0 aliphatic carbocycles. The van der Waals surface area contributed by atoms with Crippen molar-refractivity contribution in [2.75, 3.05) is 0 Å². The lowest BCUT2D eigenvalue weighted by Gasteiger charge is -1.85. The fourth-order valence-electron chi connectivity index (χ4n) is 0.934. The minimum absolute atomic E-state index is 0.369. The van der Waals surface area contributed by atoms with Gasteiger partial charge in [0, 0.05) is 6.20 Å². The number of nitrogens with zero attached hydrogens (tertiary/aromatic N) is 3. The van der Waals surface area contributed by atoms with Crippen molar-refractivity contribution < 1.29 is 0 Å². The Morgan fingerprint density at radius 3 is 2.92 bits per heavy atom. The predicted molar refractivity (Wildman–Crippen MR) is 51.3 cm³/mol. The van der Waals surface area contributed by atoms with Gasteiger partial charge in [-0.3, -0.25) is 9.78 Å². The highest BCUT2D eigenvalue weighted by Crippen LogP contribution is 2.08. The van der Waals surface area contributed by atoms with E-state index in [-0.39, 0.29) is 0 Å². The molecule has 0 fully saturated rings. The van der Waals surface area contributed by atoms with Crippen molar-refractivity contribution in [2.24, 2.45) is 0 Å². The molecule has 5 heteroatoms. The fraction of sp³-hybridized carbons (Fsp3) is 0. The quantitative estimate of drug-likeness (QED) is 0.690. The van der Waals surface area contributed by atoms with E-state index < -0.39 is 5.56 Å². The van der Waals surface area contributed by atoms with Crippen LogP contribution in [0.5, 0.6) is 0 Å². The Bertz CT molecular complexity index is 515. The van der Waals surface area contributed by atoms with Crippen LogP contribution in [0.15, 0.2) is 33.7 Å².